The number of carboxylic acids is 1. The normalized spacial score (nSPS) is 21.2. The van der Waals surface area contributed by atoms with Crippen molar-refractivity contribution >= 4 is 17.3 Å². The van der Waals surface area contributed by atoms with Crippen LogP contribution >= 0.6 is 0 Å². The van der Waals surface area contributed by atoms with Crippen LogP contribution in [0, 0.1) is 10.1 Å². The molecule has 0 spiro atoms. The summed E-state index contributed by atoms with van der Waals surface area (Å²) >= 11 is 0. The van der Waals surface area contributed by atoms with E-state index in [1.807, 2.05) is 0 Å². The van der Waals surface area contributed by atoms with Crippen LogP contribution in [0.3, 0.4) is 0 Å². The molecule has 2 rings (SSSR count). The van der Waals surface area contributed by atoms with E-state index in [2.05, 4.69) is 5.32 Å². The van der Waals surface area contributed by atoms with Gasteiger partial charge in [-0.05, 0) is 12.1 Å². The van der Waals surface area contributed by atoms with Gasteiger partial charge < -0.3 is 19.9 Å². The number of carboxylic acid groups (broad SMARTS) is 1. The van der Waals surface area contributed by atoms with Crippen LogP contribution < -0.4 is 5.32 Å². The summed E-state index contributed by atoms with van der Waals surface area (Å²) in [6, 6.07) is 3.92. The third-order valence-corrected chi connectivity index (χ3v) is 3.54. The molecule has 0 radical (unpaired) electrons. The Kier molecular flexibility index (Phi) is 4.39. The zero-order chi connectivity index (χ0) is 15.5. The van der Waals surface area contributed by atoms with Gasteiger partial charge in [0.1, 0.15) is 11.2 Å². The van der Waals surface area contributed by atoms with Crippen molar-refractivity contribution in [2.75, 3.05) is 32.2 Å². The van der Waals surface area contributed by atoms with Gasteiger partial charge in [-0.25, -0.2) is 4.79 Å². The minimum atomic E-state index is -1.33. The molecule has 1 aromatic rings. The number of nitro benzene ring substituents is 1. The van der Waals surface area contributed by atoms with Gasteiger partial charge in [0.25, 0.3) is 5.69 Å². The first-order valence-electron chi connectivity index (χ1n) is 6.36. The lowest BCUT2D eigenvalue weighted by Crippen LogP contribution is -2.39. The fourth-order valence-electron chi connectivity index (χ4n) is 2.20. The molecule has 0 saturated carbocycles. The highest BCUT2D eigenvalue weighted by Gasteiger charge is 2.34. The van der Waals surface area contributed by atoms with Crippen molar-refractivity contribution < 1.29 is 24.3 Å². The molecule has 8 heteroatoms. The molecule has 1 aliphatic rings. The quantitative estimate of drug-likeness (QED) is 0.604. The molecule has 0 aromatic heterocycles. The number of anilines is 1. The van der Waals surface area contributed by atoms with Crippen molar-refractivity contribution in [2.24, 2.45) is 0 Å². The Morgan fingerprint density at radius 3 is 2.90 bits per heavy atom. The average molecular weight is 296 g/mol. The van der Waals surface area contributed by atoms with E-state index in [4.69, 9.17) is 14.6 Å². The molecule has 1 unspecified atom stereocenters. The lowest BCUT2D eigenvalue weighted by atomic mass is 10.0. The number of aromatic carboxylic acids is 1. The van der Waals surface area contributed by atoms with Gasteiger partial charge in [0, 0.05) is 38.4 Å². The highest BCUT2D eigenvalue weighted by molar-refractivity contribution is 5.93. The van der Waals surface area contributed by atoms with E-state index in [9.17, 15) is 14.9 Å². The second kappa shape index (κ2) is 6.06. The van der Waals surface area contributed by atoms with Crippen molar-refractivity contribution in [3.05, 3.63) is 33.9 Å². The topological polar surface area (TPSA) is 111 Å². The number of benzene rings is 1. The van der Waals surface area contributed by atoms with Gasteiger partial charge in [-0.3, -0.25) is 10.1 Å². The molecule has 1 aromatic carbocycles. The van der Waals surface area contributed by atoms with E-state index >= 15 is 0 Å². The molecule has 2 N–H and O–H groups in total. The number of hydrogen-bond donors (Lipinski definition) is 2. The zero-order valence-electron chi connectivity index (χ0n) is 11.5. The summed E-state index contributed by atoms with van der Waals surface area (Å²) in [5.74, 6) is -1.33. The number of nitrogens with one attached hydrogen (secondary N) is 1. The van der Waals surface area contributed by atoms with Crippen molar-refractivity contribution in [1.29, 1.82) is 0 Å². The Bertz CT molecular complexity index is 554. The molecule has 1 heterocycles. The molecule has 1 atom stereocenters. The number of rotatable bonds is 6. The van der Waals surface area contributed by atoms with Crippen LogP contribution in [0.4, 0.5) is 11.4 Å². The molecule has 8 nitrogen and oxygen atoms in total. The Balaban J connectivity index is 2.15. The molecular weight excluding hydrogens is 280 g/mol. The maximum Gasteiger partial charge on any atom is 0.342 e. The standard InChI is InChI=1S/C13H16N2O6/c1-20-13(4-5-21-8-13)7-14-9-2-3-10(12(16)17)11(6-9)15(18)19/h2-3,6,14H,4-5,7-8H2,1H3,(H,16,17). The van der Waals surface area contributed by atoms with E-state index in [0.29, 0.717) is 25.4 Å². The SMILES string of the molecule is COC1(CNc2ccc(C(=O)O)c([N+](=O)[O-])c2)CCOC1. The summed E-state index contributed by atoms with van der Waals surface area (Å²) in [6.45, 7) is 1.48. The molecule has 1 fully saturated rings. The maximum absolute atomic E-state index is 10.9. The molecule has 1 aliphatic heterocycles. The fraction of sp³-hybridized carbons (Fsp3) is 0.462. The molecule has 0 bridgehead atoms. The summed E-state index contributed by atoms with van der Waals surface area (Å²) in [5, 5.41) is 22.9. The number of nitro groups is 1. The van der Waals surface area contributed by atoms with E-state index in [1.54, 1.807) is 7.11 Å². The molecular formula is C13H16N2O6. The van der Waals surface area contributed by atoms with Crippen molar-refractivity contribution in [2.45, 2.75) is 12.0 Å². The van der Waals surface area contributed by atoms with Gasteiger partial charge in [-0.2, -0.15) is 0 Å². The summed E-state index contributed by atoms with van der Waals surface area (Å²) in [6.07, 6.45) is 0.728. The number of hydrogen-bond acceptors (Lipinski definition) is 6. The van der Waals surface area contributed by atoms with Crippen LogP contribution in [-0.4, -0.2) is 48.5 Å². The largest absolute Gasteiger partial charge is 0.477 e. The molecule has 21 heavy (non-hydrogen) atoms. The predicted molar refractivity (Wildman–Crippen MR) is 73.7 cm³/mol. The van der Waals surface area contributed by atoms with Crippen LogP contribution in [0.1, 0.15) is 16.8 Å². The third-order valence-electron chi connectivity index (χ3n) is 3.54. The predicted octanol–water partition coefficient (Wildman–Crippen LogP) is 1.51. The first-order valence-corrected chi connectivity index (χ1v) is 6.36. The van der Waals surface area contributed by atoms with Gasteiger partial charge in [0.15, 0.2) is 0 Å². The smallest absolute Gasteiger partial charge is 0.342 e. The highest BCUT2D eigenvalue weighted by atomic mass is 16.6. The molecule has 114 valence electrons. The van der Waals surface area contributed by atoms with Crippen molar-refractivity contribution in [3.63, 3.8) is 0 Å². The van der Waals surface area contributed by atoms with E-state index in [0.717, 1.165) is 6.42 Å². The lowest BCUT2D eigenvalue weighted by Gasteiger charge is -2.26. The summed E-state index contributed by atoms with van der Waals surface area (Å²) in [7, 11) is 1.59. The number of nitrogens with zero attached hydrogens (tertiary/aromatic N) is 1. The Labute approximate surface area is 120 Å². The third kappa shape index (κ3) is 3.29. The van der Waals surface area contributed by atoms with E-state index in [1.165, 1.54) is 18.2 Å². The van der Waals surface area contributed by atoms with Crippen LogP contribution in [0.5, 0.6) is 0 Å². The number of carbonyl (C=O) groups is 1. The number of ether oxygens (including phenoxy) is 2. The second-order valence-corrected chi connectivity index (χ2v) is 4.84. The highest BCUT2D eigenvalue weighted by Crippen LogP contribution is 2.26. The Morgan fingerprint density at radius 2 is 2.38 bits per heavy atom. The van der Waals surface area contributed by atoms with Gasteiger partial charge in [0.05, 0.1) is 11.5 Å². The van der Waals surface area contributed by atoms with Crippen molar-refractivity contribution in [1.82, 2.24) is 0 Å². The van der Waals surface area contributed by atoms with Gasteiger partial charge >= 0.3 is 5.97 Å². The second-order valence-electron chi connectivity index (χ2n) is 4.84. The monoisotopic (exact) mass is 296 g/mol. The van der Waals surface area contributed by atoms with Crippen molar-refractivity contribution in [3.8, 4) is 0 Å². The summed E-state index contributed by atoms with van der Waals surface area (Å²) < 4.78 is 10.7. The minimum absolute atomic E-state index is 0.337. The number of methoxy groups -OCH3 is 1. The van der Waals surface area contributed by atoms with Gasteiger partial charge in [0.2, 0.25) is 0 Å². The van der Waals surface area contributed by atoms with Crippen LogP contribution in [-0.2, 0) is 9.47 Å². The van der Waals surface area contributed by atoms with Crippen LogP contribution in [0.25, 0.3) is 0 Å². The summed E-state index contributed by atoms with van der Waals surface area (Å²) in [5.41, 5.74) is -0.770. The van der Waals surface area contributed by atoms with E-state index < -0.39 is 22.2 Å². The summed E-state index contributed by atoms with van der Waals surface area (Å²) in [4.78, 5) is 21.2. The molecule has 1 saturated heterocycles. The lowest BCUT2D eigenvalue weighted by molar-refractivity contribution is -0.385. The van der Waals surface area contributed by atoms with Gasteiger partial charge in [-0.1, -0.05) is 0 Å². The van der Waals surface area contributed by atoms with Crippen LogP contribution in [0.15, 0.2) is 18.2 Å². The van der Waals surface area contributed by atoms with Crippen LogP contribution in [0.2, 0.25) is 0 Å². The molecule has 0 aliphatic carbocycles. The maximum atomic E-state index is 10.9. The molecule has 0 amide bonds. The first-order chi connectivity index (χ1) is 9.97. The van der Waals surface area contributed by atoms with Gasteiger partial charge in [-0.15, -0.1) is 0 Å². The fourth-order valence-corrected chi connectivity index (χ4v) is 2.20. The Morgan fingerprint density at radius 1 is 1.62 bits per heavy atom. The Hall–Kier alpha value is -2.19. The average Bonchev–Trinajstić information content (AvgIpc) is 2.94. The first kappa shape index (κ1) is 15.2. The van der Waals surface area contributed by atoms with E-state index in [-0.39, 0.29) is 5.56 Å². The zero-order valence-corrected chi connectivity index (χ0v) is 11.5. The minimum Gasteiger partial charge on any atom is -0.477 e.